The van der Waals surface area contributed by atoms with Crippen molar-refractivity contribution < 1.29 is 14.0 Å². The van der Waals surface area contributed by atoms with E-state index in [1.165, 1.54) is 25.1 Å². The van der Waals surface area contributed by atoms with E-state index < -0.39 is 5.91 Å². The number of hydrogen-bond donors (Lipinski definition) is 2. The number of benzene rings is 1. The Labute approximate surface area is 124 Å². The van der Waals surface area contributed by atoms with Gasteiger partial charge >= 0.3 is 0 Å². The van der Waals surface area contributed by atoms with E-state index in [4.69, 9.17) is 27.6 Å². The molecule has 0 aliphatic heterocycles. The predicted octanol–water partition coefficient (Wildman–Crippen LogP) is 3.80. The van der Waals surface area contributed by atoms with E-state index in [1.54, 1.807) is 12.1 Å². The normalized spacial score (nSPS) is 10.2. The lowest BCUT2D eigenvalue weighted by atomic mass is 10.3. The van der Waals surface area contributed by atoms with E-state index in [-0.39, 0.29) is 17.6 Å². The number of carbonyl (C=O) groups is 2. The van der Waals surface area contributed by atoms with E-state index in [0.29, 0.717) is 15.7 Å². The lowest BCUT2D eigenvalue weighted by Gasteiger charge is -2.05. The zero-order chi connectivity index (χ0) is 14.7. The molecule has 2 rings (SSSR count). The van der Waals surface area contributed by atoms with Gasteiger partial charge in [-0.1, -0.05) is 23.2 Å². The zero-order valence-corrected chi connectivity index (χ0v) is 11.9. The fraction of sp³-hybridized carbons (Fsp3) is 0.0769. The number of furan rings is 1. The van der Waals surface area contributed by atoms with Crippen LogP contribution in [0.5, 0.6) is 0 Å². The lowest BCUT2D eigenvalue weighted by Crippen LogP contribution is -2.11. The Morgan fingerprint density at radius 2 is 1.85 bits per heavy atom. The van der Waals surface area contributed by atoms with Gasteiger partial charge in [-0.05, 0) is 24.3 Å². The van der Waals surface area contributed by atoms with Gasteiger partial charge in [-0.2, -0.15) is 0 Å². The summed E-state index contributed by atoms with van der Waals surface area (Å²) >= 11 is 11.7. The van der Waals surface area contributed by atoms with Gasteiger partial charge in [-0.25, -0.2) is 0 Å². The molecule has 0 unspecified atom stereocenters. The maximum atomic E-state index is 11.9. The molecular weight excluding hydrogens is 303 g/mol. The molecule has 0 saturated carbocycles. The van der Waals surface area contributed by atoms with Gasteiger partial charge in [0.2, 0.25) is 5.91 Å². The zero-order valence-electron chi connectivity index (χ0n) is 10.4. The van der Waals surface area contributed by atoms with Crippen LogP contribution in [0.4, 0.5) is 11.6 Å². The summed E-state index contributed by atoms with van der Waals surface area (Å²) in [5.41, 5.74) is 0.415. The number of rotatable bonds is 3. The van der Waals surface area contributed by atoms with Crippen LogP contribution >= 0.6 is 23.2 Å². The first kappa shape index (κ1) is 14.4. The monoisotopic (exact) mass is 312 g/mol. The van der Waals surface area contributed by atoms with E-state index in [2.05, 4.69) is 10.6 Å². The SMILES string of the molecule is CC(=O)Nc1ccc(C(=O)Nc2ccc(Cl)cc2Cl)o1. The van der Waals surface area contributed by atoms with Crippen LogP contribution in [-0.4, -0.2) is 11.8 Å². The average Bonchev–Trinajstić information content (AvgIpc) is 2.80. The minimum Gasteiger partial charge on any atom is -0.435 e. The summed E-state index contributed by atoms with van der Waals surface area (Å²) < 4.78 is 5.18. The van der Waals surface area contributed by atoms with E-state index >= 15 is 0 Å². The molecule has 0 aliphatic rings. The van der Waals surface area contributed by atoms with Gasteiger partial charge in [-0.3, -0.25) is 14.9 Å². The Hall–Kier alpha value is -1.98. The molecule has 2 aromatic rings. The van der Waals surface area contributed by atoms with Gasteiger partial charge in [0.25, 0.3) is 5.91 Å². The second-order valence-electron chi connectivity index (χ2n) is 3.92. The van der Waals surface area contributed by atoms with Crippen LogP contribution in [0, 0.1) is 0 Å². The first-order valence-electron chi connectivity index (χ1n) is 5.59. The van der Waals surface area contributed by atoms with Crippen molar-refractivity contribution in [2.24, 2.45) is 0 Å². The quantitative estimate of drug-likeness (QED) is 0.905. The number of halogens is 2. The minimum atomic E-state index is -0.481. The topological polar surface area (TPSA) is 71.3 Å². The third-order valence-corrected chi connectivity index (χ3v) is 2.86. The van der Waals surface area contributed by atoms with Gasteiger partial charge in [0.05, 0.1) is 10.7 Å². The summed E-state index contributed by atoms with van der Waals surface area (Å²) in [7, 11) is 0. The smallest absolute Gasteiger partial charge is 0.291 e. The van der Waals surface area contributed by atoms with Crippen molar-refractivity contribution in [1.29, 1.82) is 0 Å². The largest absolute Gasteiger partial charge is 0.435 e. The Bertz CT molecular complexity index is 667. The molecule has 0 spiro atoms. The number of hydrogen-bond acceptors (Lipinski definition) is 3. The van der Waals surface area contributed by atoms with Gasteiger partial charge in [0, 0.05) is 18.0 Å². The van der Waals surface area contributed by atoms with E-state index in [0.717, 1.165) is 0 Å². The van der Waals surface area contributed by atoms with Crippen molar-refractivity contribution in [3.05, 3.63) is 46.1 Å². The molecule has 0 bridgehead atoms. The first-order chi connectivity index (χ1) is 9.45. The van der Waals surface area contributed by atoms with Gasteiger partial charge in [0.1, 0.15) is 0 Å². The maximum absolute atomic E-state index is 11.9. The molecule has 2 N–H and O–H groups in total. The highest BCUT2D eigenvalue weighted by molar-refractivity contribution is 6.36. The molecule has 0 fully saturated rings. The fourth-order valence-electron chi connectivity index (χ4n) is 1.48. The van der Waals surface area contributed by atoms with Gasteiger partial charge < -0.3 is 9.73 Å². The molecule has 5 nitrogen and oxygen atoms in total. The second-order valence-corrected chi connectivity index (χ2v) is 4.77. The van der Waals surface area contributed by atoms with Crippen LogP contribution in [0.25, 0.3) is 0 Å². The average molecular weight is 313 g/mol. The molecule has 1 aromatic heterocycles. The predicted molar refractivity (Wildman–Crippen MR) is 77.4 cm³/mol. The van der Waals surface area contributed by atoms with Crippen LogP contribution in [-0.2, 0) is 4.79 Å². The molecule has 104 valence electrons. The third kappa shape index (κ3) is 3.53. The lowest BCUT2D eigenvalue weighted by molar-refractivity contribution is -0.114. The summed E-state index contributed by atoms with van der Waals surface area (Å²) in [6, 6.07) is 7.64. The third-order valence-electron chi connectivity index (χ3n) is 2.31. The molecule has 2 amide bonds. The second kappa shape index (κ2) is 5.98. The number of anilines is 2. The highest BCUT2D eigenvalue weighted by Gasteiger charge is 2.13. The molecule has 0 atom stereocenters. The van der Waals surface area contributed by atoms with Crippen molar-refractivity contribution in [2.45, 2.75) is 6.92 Å². The van der Waals surface area contributed by atoms with Crippen LogP contribution in [0.1, 0.15) is 17.5 Å². The molecule has 1 aromatic carbocycles. The van der Waals surface area contributed by atoms with Crippen molar-refractivity contribution in [2.75, 3.05) is 10.6 Å². The first-order valence-corrected chi connectivity index (χ1v) is 6.35. The van der Waals surface area contributed by atoms with Crippen LogP contribution in [0.2, 0.25) is 10.0 Å². The molecular formula is C13H10Cl2N2O3. The Kier molecular flexibility index (Phi) is 4.32. The molecule has 0 radical (unpaired) electrons. The minimum absolute atomic E-state index is 0.0553. The molecule has 0 aliphatic carbocycles. The Balaban J connectivity index is 2.11. The van der Waals surface area contributed by atoms with Crippen LogP contribution in [0.15, 0.2) is 34.7 Å². The Morgan fingerprint density at radius 1 is 1.10 bits per heavy atom. The van der Waals surface area contributed by atoms with Crippen molar-refractivity contribution >= 4 is 46.6 Å². The van der Waals surface area contributed by atoms with Crippen molar-refractivity contribution in [1.82, 2.24) is 0 Å². The van der Waals surface area contributed by atoms with Crippen molar-refractivity contribution in [3.8, 4) is 0 Å². The molecule has 7 heteroatoms. The molecule has 0 saturated heterocycles. The molecule has 1 heterocycles. The van der Waals surface area contributed by atoms with Crippen molar-refractivity contribution in [3.63, 3.8) is 0 Å². The van der Waals surface area contributed by atoms with Gasteiger partial charge in [0.15, 0.2) is 11.6 Å². The van der Waals surface area contributed by atoms with Gasteiger partial charge in [-0.15, -0.1) is 0 Å². The summed E-state index contributed by atoms with van der Waals surface area (Å²) in [6.07, 6.45) is 0. The number of amides is 2. The standard InChI is InChI=1S/C13H10Cl2N2O3/c1-7(18)16-12-5-4-11(20-12)13(19)17-10-3-2-8(14)6-9(10)15/h2-6H,1H3,(H,16,18)(H,17,19). The highest BCUT2D eigenvalue weighted by Crippen LogP contribution is 2.26. The number of carbonyl (C=O) groups excluding carboxylic acids is 2. The summed E-state index contributed by atoms with van der Waals surface area (Å²) in [4.78, 5) is 22.8. The molecule has 20 heavy (non-hydrogen) atoms. The fourth-order valence-corrected chi connectivity index (χ4v) is 1.93. The summed E-state index contributed by atoms with van der Waals surface area (Å²) in [5, 5.41) is 5.81. The summed E-state index contributed by atoms with van der Waals surface area (Å²) in [5.74, 6) is -0.512. The highest BCUT2D eigenvalue weighted by atomic mass is 35.5. The summed E-state index contributed by atoms with van der Waals surface area (Å²) in [6.45, 7) is 1.34. The van der Waals surface area contributed by atoms with Crippen LogP contribution in [0.3, 0.4) is 0 Å². The number of nitrogens with one attached hydrogen (secondary N) is 2. The Morgan fingerprint density at radius 3 is 2.50 bits per heavy atom. The van der Waals surface area contributed by atoms with E-state index in [9.17, 15) is 9.59 Å². The van der Waals surface area contributed by atoms with E-state index in [1.807, 2.05) is 0 Å². The van der Waals surface area contributed by atoms with Crippen LogP contribution < -0.4 is 10.6 Å². The maximum Gasteiger partial charge on any atom is 0.291 e.